The zero-order valence-electron chi connectivity index (χ0n) is 39.1. The van der Waals surface area contributed by atoms with E-state index in [4.69, 9.17) is 52.1 Å². The molecule has 10 fully saturated rings. The van der Waals surface area contributed by atoms with Gasteiger partial charge in [0.1, 0.15) is 11.5 Å². The maximum absolute atomic E-state index is 15.4. The zero-order chi connectivity index (χ0) is 44.3. The molecule has 2 saturated carbocycles. The molecule has 8 saturated heterocycles. The van der Waals surface area contributed by atoms with E-state index in [2.05, 4.69) is 27.7 Å². The summed E-state index contributed by atoms with van der Waals surface area (Å²) in [5, 5.41) is 0. The molecule has 13 heteroatoms. The molecule has 2 aliphatic carbocycles. The Kier molecular flexibility index (Phi) is 11.6. The number of ether oxygens (including phenoxy) is 4. The molecule has 16 atom stereocenters. The molecule has 8 aliphatic heterocycles. The fourth-order valence-corrected chi connectivity index (χ4v) is 15.3. The average molecular weight is 895 g/mol. The van der Waals surface area contributed by atoms with Crippen molar-refractivity contribution in [1.29, 1.82) is 0 Å². The van der Waals surface area contributed by atoms with E-state index in [0.29, 0.717) is 36.2 Å². The van der Waals surface area contributed by atoms with Crippen molar-refractivity contribution in [3.63, 3.8) is 0 Å². The Bertz CT molecular complexity index is 1910. The van der Waals surface area contributed by atoms with Crippen LogP contribution in [0.4, 0.5) is 0 Å². The second-order valence-corrected chi connectivity index (χ2v) is 23.1. The van der Waals surface area contributed by atoms with Gasteiger partial charge >= 0.3 is 7.82 Å². The molecular formula is C50H71O12P. The van der Waals surface area contributed by atoms with Crippen LogP contribution in [-0.4, -0.2) is 54.2 Å². The van der Waals surface area contributed by atoms with Crippen LogP contribution >= 0.6 is 7.82 Å². The molecule has 0 amide bonds. The number of rotatable bonds is 11. The van der Waals surface area contributed by atoms with Crippen molar-refractivity contribution in [2.45, 2.75) is 181 Å². The summed E-state index contributed by atoms with van der Waals surface area (Å²) in [4.78, 5) is 25.4. The van der Waals surface area contributed by atoms with E-state index < -0.39 is 43.2 Å². The van der Waals surface area contributed by atoms with Gasteiger partial charge in [0.2, 0.25) is 11.6 Å². The van der Waals surface area contributed by atoms with Gasteiger partial charge in [0, 0.05) is 24.7 Å². The summed E-state index contributed by atoms with van der Waals surface area (Å²) in [5.74, 6) is 0.992. The van der Waals surface area contributed by atoms with Gasteiger partial charge in [0.15, 0.2) is 23.8 Å². The van der Waals surface area contributed by atoms with Gasteiger partial charge in [-0.1, -0.05) is 64.1 Å². The first-order valence-corrected chi connectivity index (χ1v) is 25.6. The summed E-state index contributed by atoms with van der Waals surface area (Å²) in [6.45, 7) is 21.1. The summed E-state index contributed by atoms with van der Waals surface area (Å²) < 4.78 is 63.1. The highest BCUT2D eigenvalue weighted by Crippen LogP contribution is 2.63. The van der Waals surface area contributed by atoms with Gasteiger partial charge < -0.3 is 28.0 Å². The standard InChI is InChI=1S/C50H71O12P/c1-28-17-19-39-34(7)41(53-45-49(39)37(28)21-23-47(9,55-45)59-61-49)25-36(26-42-35(8)40-20-18-29(2)38-22-24-48(10)56-46(54-42)50(38,40)62-60-48)27-52-63(51,57-43-30(3)13-11-14-31(43)4)58-44-32(5)15-12-16-33(44)6/h11-16,28-29,34-42,45-46H,17-27H2,1-10H3/t28-,29-,34-,35-,37+,38+,39+,40+,41-,42-,45-,46-,47+,48+,49-,50-/m1/s1. The van der Waals surface area contributed by atoms with E-state index in [1.807, 2.05) is 77.9 Å². The Balaban J connectivity index is 0.988. The number of phosphoric acid groups is 1. The highest BCUT2D eigenvalue weighted by molar-refractivity contribution is 7.49. The molecule has 4 bridgehead atoms. The van der Waals surface area contributed by atoms with Crippen molar-refractivity contribution in [2.75, 3.05) is 6.61 Å². The largest absolute Gasteiger partial charge is 0.587 e. The van der Waals surface area contributed by atoms with Crippen LogP contribution in [0.1, 0.15) is 128 Å². The molecule has 8 heterocycles. The van der Waals surface area contributed by atoms with Crippen molar-refractivity contribution in [2.24, 2.45) is 53.3 Å². The van der Waals surface area contributed by atoms with Gasteiger partial charge in [0.25, 0.3) is 0 Å². The lowest BCUT2D eigenvalue weighted by molar-refractivity contribution is -0.571. The summed E-state index contributed by atoms with van der Waals surface area (Å²) >= 11 is 0. The summed E-state index contributed by atoms with van der Waals surface area (Å²) in [7, 11) is -4.31. The number of phosphoric ester groups is 1. The Morgan fingerprint density at radius 2 is 1.02 bits per heavy atom. The zero-order valence-corrected chi connectivity index (χ0v) is 40.0. The molecule has 2 aromatic carbocycles. The van der Waals surface area contributed by atoms with Crippen LogP contribution in [0.3, 0.4) is 0 Å². The Hall–Kier alpha value is -2.09. The van der Waals surface area contributed by atoms with Crippen LogP contribution in [0.2, 0.25) is 0 Å². The number of hydrogen-bond donors (Lipinski definition) is 0. The van der Waals surface area contributed by atoms with Crippen molar-refractivity contribution >= 4 is 7.82 Å². The third-order valence-corrected chi connectivity index (χ3v) is 18.7. The minimum Gasteiger partial charge on any atom is -0.395 e. The van der Waals surface area contributed by atoms with E-state index in [1.54, 1.807) is 0 Å². The third kappa shape index (κ3) is 7.48. The summed E-state index contributed by atoms with van der Waals surface area (Å²) in [6.07, 6.45) is 7.25. The van der Waals surface area contributed by atoms with Crippen LogP contribution in [-0.2, 0) is 47.6 Å². The molecule has 12 rings (SSSR count). The maximum Gasteiger partial charge on any atom is 0.587 e. The topological polar surface area (TPSA) is 119 Å². The molecule has 2 spiro atoms. The van der Waals surface area contributed by atoms with Gasteiger partial charge in [-0.25, -0.2) is 24.1 Å². The van der Waals surface area contributed by atoms with E-state index in [1.165, 1.54) is 0 Å². The number of fused-ring (bicyclic) bond motifs is 4. The van der Waals surface area contributed by atoms with Gasteiger partial charge in [0.05, 0.1) is 18.8 Å². The highest BCUT2D eigenvalue weighted by atomic mass is 31.2. The SMILES string of the molecule is Cc1cccc(C)c1OP(=O)(OCC(C[C@H]1O[C@@H]2O[C@]3(C)CC[C@H]4[C@H](C)CC[C@@H]([C@H]1C)[C@@]24OO3)C[C@H]1O[C@@H]2O[C@]3(C)CC[C@H]4[C@H](C)CC[C@@H]([C@H]1C)[C@@]24OO3)Oc1c(C)cccc1C. The molecule has 348 valence electrons. The molecule has 0 aromatic heterocycles. The lowest BCUT2D eigenvalue weighted by Crippen LogP contribution is -2.70. The van der Waals surface area contributed by atoms with E-state index in [0.717, 1.165) is 73.6 Å². The van der Waals surface area contributed by atoms with E-state index >= 15 is 4.57 Å². The highest BCUT2D eigenvalue weighted by Gasteiger charge is 2.71. The monoisotopic (exact) mass is 894 g/mol. The summed E-state index contributed by atoms with van der Waals surface area (Å²) in [6, 6.07) is 11.7. The molecule has 0 unspecified atom stereocenters. The molecule has 2 aromatic rings. The molecule has 0 radical (unpaired) electrons. The van der Waals surface area contributed by atoms with Crippen LogP contribution in [0.15, 0.2) is 36.4 Å². The molecule has 0 N–H and O–H groups in total. The predicted octanol–water partition coefficient (Wildman–Crippen LogP) is 11.4. The predicted molar refractivity (Wildman–Crippen MR) is 233 cm³/mol. The van der Waals surface area contributed by atoms with E-state index in [-0.39, 0.29) is 60.2 Å². The normalized spacial score (nSPS) is 44.0. The fraction of sp³-hybridized carbons (Fsp3) is 0.760. The third-order valence-electron chi connectivity index (χ3n) is 17.4. The van der Waals surface area contributed by atoms with Crippen molar-refractivity contribution < 1.29 is 56.6 Å². The van der Waals surface area contributed by atoms with Gasteiger partial charge in [-0.2, -0.15) is 0 Å². The Morgan fingerprint density at radius 3 is 1.43 bits per heavy atom. The van der Waals surface area contributed by atoms with Gasteiger partial charge in [-0.3, -0.25) is 4.52 Å². The van der Waals surface area contributed by atoms with Crippen LogP contribution in [0.25, 0.3) is 0 Å². The number of hydrogen-bond acceptors (Lipinski definition) is 12. The molecule has 10 aliphatic rings. The van der Waals surface area contributed by atoms with Gasteiger partial charge in [-0.05, 0) is 157 Å². The summed E-state index contributed by atoms with van der Waals surface area (Å²) in [5.41, 5.74) is 2.00. The van der Waals surface area contributed by atoms with Crippen molar-refractivity contribution in [3.05, 3.63) is 58.7 Å². The van der Waals surface area contributed by atoms with Gasteiger partial charge in [-0.15, -0.1) is 0 Å². The molecular weight excluding hydrogens is 824 g/mol. The minimum absolute atomic E-state index is 0.0724. The van der Waals surface area contributed by atoms with Crippen LogP contribution in [0, 0.1) is 81.0 Å². The van der Waals surface area contributed by atoms with Crippen molar-refractivity contribution in [3.8, 4) is 11.5 Å². The smallest absolute Gasteiger partial charge is 0.395 e. The quantitative estimate of drug-likeness (QED) is 0.158. The second kappa shape index (κ2) is 16.3. The fourth-order valence-electron chi connectivity index (χ4n) is 13.8. The number of benzene rings is 2. The molecule has 63 heavy (non-hydrogen) atoms. The Morgan fingerprint density at radius 1 is 0.603 bits per heavy atom. The first kappa shape index (κ1) is 44.7. The van der Waals surface area contributed by atoms with Crippen LogP contribution < -0.4 is 9.05 Å². The first-order chi connectivity index (χ1) is 30.0. The number of para-hydroxylation sites is 2. The second-order valence-electron chi connectivity index (χ2n) is 21.6. The average Bonchev–Trinajstić information content (AvgIpc) is 3.62. The lowest BCUT2D eigenvalue weighted by Gasteiger charge is -2.61. The van der Waals surface area contributed by atoms with E-state index in [9.17, 15) is 0 Å². The van der Waals surface area contributed by atoms with Crippen LogP contribution in [0.5, 0.6) is 11.5 Å². The number of aryl methyl sites for hydroxylation is 4. The van der Waals surface area contributed by atoms with Crippen molar-refractivity contribution in [1.82, 2.24) is 0 Å². The lowest BCUT2D eigenvalue weighted by atomic mass is 9.56. The molecule has 12 nitrogen and oxygen atoms in total. The maximum atomic E-state index is 15.4. The first-order valence-electron chi connectivity index (χ1n) is 24.1. The Labute approximate surface area is 374 Å². The minimum atomic E-state index is -4.31.